The molecule has 0 bridgehead atoms. The molecule has 26 heavy (non-hydrogen) atoms. The van der Waals surface area contributed by atoms with Crippen molar-refractivity contribution >= 4 is 6.29 Å². The summed E-state index contributed by atoms with van der Waals surface area (Å²) in [7, 11) is 0. The highest BCUT2D eigenvalue weighted by Gasteiger charge is 2.26. The number of ether oxygens (including phenoxy) is 1. The van der Waals surface area contributed by atoms with Crippen LogP contribution >= 0.6 is 0 Å². The number of aliphatic hydroxyl groups is 3. The summed E-state index contributed by atoms with van der Waals surface area (Å²) in [4.78, 5) is 10.9. The Morgan fingerprint density at radius 1 is 0.846 bits per heavy atom. The summed E-state index contributed by atoms with van der Waals surface area (Å²) in [6, 6.07) is 0. The quantitative estimate of drug-likeness (QED) is 0.223. The maximum absolute atomic E-state index is 10.9. The Hall–Kier alpha value is -0.490. The van der Waals surface area contributed by atoms with Crippen LogP contribution in [-0.4, -0.2) is 53.1 Å². The average molecular weight is 376 g/mol. The largest absolute Gasteiger partial charge is 0.394 e. The molecule has 0 saturated heterocycles. The van der Waals surface area contributed by atoms with E-state index < -0.39 is 24.9 Å². The average Bonchev–Trinajstić information content (AvgIpc) is 2.69. The van der Waals surface area contributed by atoms with E-state index in [4.69, 9.17) is 11.2 Å². The van der Waals surface area contributed by atoms with Gasteiger partial charge in [0.1, 0.15) is 18.3 Å². The molecule has 0 aromatic heterocycles. The van der Waals surface area contributed by atoms with Crippen LogP contribution in [0.2, 0.25) is 0 Å². The lowest BCUT2D eigenvalue weighted by molar-refractivity contribution is -0.136. The van der Waals surface area contributed by atoms with Crippen molar-refractivity contribution in [3.63, 3.8) is 0 Å². The van der Waals surface area contributed by atoms with Gasteiger partial charge < -0.3 is 24.9 Å². The Bertz CT molecular complexity index is 317. The summed E-state index contributed by atoms with van der Waals surface area (Å²) in [6.45, 7) is 0.353. The number of aldehydes is 1. The summed E-state index contributed by atoms with van der Waals surface area (Å²) in [5, 5.41) is 27.7. The predicted molar refractivity (Wildman–Crippen MR) is 105 cm³/mol. The summed E-state index contributed by atoms with van der Waals surface area (Å²) < 4.78 is 12.4. The number of aliphatic hydroxyl groups excluding tert-OH is 3. The standard InChI is InChI=1S/C21H42O5/c1-2-3-4-5-6-7-8-9-10-11-12-13-14-15-16-26-20(18-23)21(25)19(24)17-22/h18-22,24-25H,2-17H2,1H3/t19-,20+,21-/m1/s1/i1D. The molecule has 0 rings (SSSR count). The molecule has 0 aliphatic rings. The molecular weight excluding hydrogens is 332 g/mol. The van der Waals surface area contributed by atoms with E-state index in [-0.39, 0.29) is 0 Å². The summed E-state index contributed by atoms with van der Waals surface area (Å²) in [5.74, 6) is 0. The van der Waals surface area contributed by atoms with Crippen LogP contribution in [0, 0.1) is 0 Å². The summed E-state index contributed by atoms with van der Waals surface area (Å²) in [6.07, 6.45) is 13.7. The smallest absolute Gasteiger partial charge is 0.151 e. The molecule has 0 heterocycles. The van der Waals surface area contributed by atoms with Crippen molar-refractivity contribution in [2.24, 2.45) is 0 Å². The third-order valence-electron chi connectivity index (χ3n) is 4.76. The van der Waals surface area contributed by atoms with Gasteiger partial charge in [0, 0.05) is 7.98 Å². The molecule has 0 unspecified atom stereocenters. The first kappa shape index (κ1) is 23.5. The fourth-order valence-corrected chi connectivity index (χ4v) is 2.99. The second-order valence-corrected chi connectivity index (χ2v) is 7.16. The monoisotopic (exact) mass is 375 g/mol. The Balaban J connectivity index is 3.32. The highest BCUT2D eigenvalue weighted by atomic mass is 16.5. The second kappa shape index (κ2) is 19.3. The molecule has 0 fully saturated rings. The van der Waals surface area contributed by atoms with Gasteiger partial charge in [-0.25, -0.2) is 0 Å². The number of carbonyl (C=O) groups excluding carboxylic acids is 1. The van der Waals surface area contributed by atoms with Gasteiger partial charge in [0.15, 0.2) is 6.29 Å². The van der Waals surface area contributed by atoms with E-state index in [2.05, 4.69) is 0 Å². The van der Waals surface area contributed by atoms with Gasteiger partial charge in [0.05, 0.1) is 6.61 Å². The van der Waals surface area contributed by atoms with Crippen molar-refractivity contribution < 1.29 is 26.2 Å². The summed E-state index contributed by atoms with van der Waals surface area (Å²) >= 11 is 0. The zero-order valence-corrected chi connectivity index (χ0v) is 16.5. The van der Waals surface area contributed by atoms with Crippen LogP contribution < -0.4 is 0 Å². The minimum absolute atomic E-state index is 0.375. The van der Waals surface area contributed by atoms with Crippen molar-refractivity contribution in [1.82, 2.24) is 0 Å². The molecule has 5 heteroatoms. The van der Waals surface area contributed by atoms with Crippen LogP contribution in [0.3, 0.4) is 0 Å². The minimum atomic E-state index is -1.38. The van der Waals surface area contributed by atoms with Gasteiger partial charge in [0.25, 0.3) is 0 Å². The van der Waals surface area contributed by atoms with Gasteiger partial charge in [-0.05, 0) is 6.42 Å². The highest BCUT2D eigenvalue weighted by Crippen LogP contribution is 2.13. The molecule has 3 atom stereocenters. The number of carbonyl (C=O) groups is 1. The Labute approximate surface area is 161 Å². The molecule has 0 amide bonds. The molecule has 0 spiro atoms. The van der Waals surface area contributed by atoms with Gasteiger partial charge in [-0.1, -0.05) is 90.4 Å². The lowest BCUT2D eigenvalue weighted by Crippen LogP contribution is -2.42. The highest BCUT2D eigenvalue weighted by molar-refractivity contribution is 5.57. The van der Waals surface area contributed by atoms with Crippen LogP contribution in [0.4, 0.5) is 0 Å². The SMILES string of the molecule is [2H]CCCCCCCCCCCCCCCCO[C@@H](C=O)[C@H](O)[C@H](O)CO. The van der Waals surface area contributed by atoms with Crippen molar-refractivity contribution in [3.05, 3.63) is 0 Å². The molecule has 0 aliphatic heterocycles. The first-order chi connectivity index (χ1) is 13.2. The molecule has 156 valence electrons. The molecule has 0 aliphatic carbocycles. The van der Waals surface area contributed by atoms with Gasteiger partial charge in [-0.15, -0.1) is 0 Å². The van der Waals surface area contributed by atoms with E-state index in [9.17, 15) is 15.0 Å². The van der Waals surface area contributed by atoms with Crippen molar-refractivity contribution in [2.45, 2.75) is 115 Å². The number of hydrogen-bond donors (Lipinski definition) is 3. The summed E-state index contributed by atoms with van der Waals surface area (Å²) in [5.41, 5.74) is 0. The third kappa shape index (κ3) is 14.7. The molecule has 5 nitrogen and oxygen atoms in total. The normalized spacial score (nSPS) is 15.4. The molecule has 0 radical (unpaired) electrons. The van der Waals surface area contributed by atoms with Gasteiger partial charge in [-0.2, -0.15) is 0 Å². The van der Waals surface area contributed by atoms with E-state index in [0.29, 0.717) is 19.8 Å². The van der Waals surface area contributed by atoms with E-state index >= 15 is 0 Å². The van der Waals surface area contributed by atoms with Crippen LogP contribution in [0.25, 0.3) is 0 Å². The maximum atomic E-state index is 10.9. The van der Waals surface area contributed by atoms with E-state index in [1.54, 1.807) is 0 Å². The zero-order valence-electron chi connectivity index (χ0n) is 17.5. The lowest BCUT2D eigenvalue weighted by Gasteiger charge is -2.21. The Kier molecular flexibility index (Phi) is 17.5. The Morgan fingerprint density at radius 2 is 1.31 bits per heavy atom. The van der Waals surface area contributed by atoms with E-state index in [1.165, 1.54) is 64.2 Å². The third-order valence-corrected chi connectivity index (χ3v) is 4.76. The number of unbranched alkanes of at least 4 members (excludes halogenated alkanes) is 13. The van der Waals surface area contributed by atoms with Crippen LogP contribution in [-0.2, 0) is 9.53 Å². The topological polar surface area (TPSA) is 87.0 Å². The fourth-order valence-electron chi connectivity index (χ4n) is 2.99. The van der Waals surface area contributed by atoms with Crippen LogP contribution in [0.15, 0.2) is 0 Å². The minimum Gasteiger partial charge on any atom is -0.394 e. The van der Waals surface area contributed by atoms with Crippen LogP contribution in [0.5, 0.6) is 0 Å². The van der Waals surface area contributed by atoms with Gasteiger partial charge in [0.2, 0.25) is 0 Å². The lowest BCUT2D eigenvalue weighted by atomic mass is 10.0. The zero-order chi connectivity index (χ0) is 20.2. The number of rotatable bonds is 20. The number of hydrogen-bond acceptors (Lipinski definition) is 5. The van der Waals surface area contributed by atoms with Crippen molar-refractivity contribution in [1.29, 1.82) is 0 Å². The maximum Gasteiger partial charge on any atom is 0.151 e. The van der Waals surface area contributed by atoms with Gasteiger partial charge >= 0.3 is 0 Å². The fraction of sp³-hybridized carbons (Fsp3) is 0.952. The van der Waals surface area contributed by atoms with E-state index in [1.807, 2.05) is 0 Å². The van der Waals surface area contributed by atoms with Gasteiger partial charge in [-0.3, -0.25) is 0 Å². The molecule has 0 aromatic rings. The van der Waals surface area contributed by atoms with E-state index in [0.717, 1.165) is 25.7 Å². The molecule has 3 N–H and O–H groups in total. The first-order valence-corrected chi connectivity index (χ1v) is 10.5. The molecular formula is C21H42O5. The second-order valence-electron chi connectivity index (χ2n) is 7.16. The molecule has 0 aromatic carbocycles. The molecule has 0 saturated carbocycles. The van der Waals surface area contributed by atoms with Crippen molar-refractivity contribution in [2.75, 3.05) is 13.2 Å². The predicted octanol–water partition coefficient (Wildman–Crippen LogP) is 3.77. The van der Waals surface area contributed by atoms with Crippen molar-refractivity contribution in [3.8, 4) is 0 Å². The Morgan fingerprint density at radius 3 is 1.73 bits per heavy atom. The van der Waals surface area contributed by atoms with Crippen LogP contribution in [0.1, 0.15) is 98.2 Å². The first-order valence-electron chi connectivity index (χ1n) is 11.2.